The summed E-state index contributed by atoms with van der Waals surface area (Å²) in [6, 6.07) is 5.02. The molecule has 1 aliphatic heterocycles. The first kappa shape index (κ1) is 12.5. The molecule has 0 spiro atoms. The predicted molar refractivity (Wildman–Crippen MR) is 70.9 cm³/mol. The molecule has 92 valence electrons. The van der Waals surface area contributed by atoms with Crippen LogP contribution in [-0.4, -0.2) is 33.7 Å². The fourth-order valence-electron chi connectivity index (χ4n) is 1.79. The van der Waals surface area contributed by atoms with E-state index in [4.69, 9.17) is 0 Å². The van der Waals surface area contributed by atoms with Crippen molar-refractivity contribution >= 4 is 38.1 Å². The lowest BCUT2D eigenvalue weighted by atomic mass is 10.2. The van der Waals surface area contributed by atoms with Gasteiger partial charge in [0.05, 0.1) is 4.92 Å². The largest absolute Gasteiger partial charge is 0.364 e. The van der Waals surface area contributed by atoms with Gasteiger partial charge in [-0.1, -0.05) is 15.9 Å². The highest BCUT2D eigenvalue weighted by Gasteiger charge is 2.23. The second-order valence-corrected chi connectivity index (χ2v) is 6.34. The molecule has 5 nitrogen and oxygen atoms in total. The normalized spacial score (nSPS) is 17.1. The maximum absolute atomic E-state index is 11.3. The minimum absolute atomic E-state index is 0.0899. The molecule has 0 aromatic heterocycles. The first-order valence-electron chi connectivity index (χ1n) is 5.12. The molecule has 0 radical (unpaired) electrons. The number of anilines is 1. The van der Waals surface area contributed by atoms with Crippen molar-refractivity contribution in [1.82, 2.24) is 0 Å². The van der Waals surface area contributed by atoms with Gasteiger partial charge in [0.25, 0.3) is 5.69 Å². The van der Waals surface area contributed by atoms with Crippen molar-refractivity contribution in [3.05, 3.63) is 32.8 Å². The summed E-state index contributed by atoms with van der Waals surface area (Å²) in [6.07, 6.45) is 0. The van der Waals surface area contributed by atoms with E-state index < -0.39 is 10.8 Å². The van der Waals surface area contributed by atoms with Crippen molar-refractivity contribution in [2.75, 3.05) is 29.5 Å². The lowest BCUT2D eigenvalue weighted by molar-refractivity contribution is -0.384. The molecule has 1 aromatic rings. The van der Waals surface area contributed by atoms with Gasteiger partial charge < -0.3 is 4.90 Å². The number of benzene rings is 1. The van der Waals surface area contributed by atoms with E-state index in [0.717, 1.165) is 0 Å². The van der Waals surface area contributed by atoms with Crippen molar-refractivity contribution in [2.24, 2.45) is 0 Å². The second-order valence-electron chi connectivity index (χ2n) is 3.73. The highest BCUT2D eigenvalue weighted by Crippen LogP contribution is 2.31. The Hall–Kier alpha value is -0.950. The van der Waals surface area contributed by atoms with Crippen molar-refractivity contribution in [2.45, 2.75) is 0 Å². The molecule has 0 aliphatic carbocycles. The van der Waals surface area contributed by atoms with Crippen molar-refractivity contribution in [3.63, 3.8) is 0 Å². The molecule has 1 heterocycles. The first-order valence-corrected chi connectivity index (χ1v) is 7.40. The topological polar surface area (TPSA) is 63.5 Å². The third kappa shape index (κ3) is 2.84. The first-order chi connectivity index (χ1) is 8.08. The summed E-state index contributed by atoms with van der Waals surface area (Å²) < 4.78 is 11.9. The van der Waals surface area contributed by atoms with Crippen LogP contribution in [0.1, 0.15) is 0 Å². The van der Waals surface area contributed by atoms with Crippen molar-refractivity contribution in [3.8, 4) is 0 Å². The summed E-state index contributed by atoms with van der Waals surface area (Å²) in [5, 5.41) is 11.0. The Kier molecular flexibility index (Phi) is 3.78. The summed E-state index contributed by atoms with van der Waals surface area (Å²) >= 11 is 3.23. The van der Waals surface area contributed by atoms with Crippen molar-refractivity contribution in [1.29, 1.82) is 0 Å². The van der Waals surface area contributed by atoms with Gasteiger partial charge in [0.15, 0.2) is 0 Å². The van der Waals surface area contributed by atoms with Crippen LogP contribution in [0.25, 0.3) is 0 Å². The molecule has 0 amide bonds. The lowest BCUT2D eigenvalue weighted by Crippen LogP contribution is -2.38. The van der Waals surface area contributed by atoms with Gasteiger partial charge >= 0.3 is 0 Å². The highest BCUT2D eigenvalue weighted by atomic mass is 79.9. The van der Waals surface area contributed by atoms with Gasteiger partial charge in [-0.25, -0.2) is 0 Å². The molecule has 0 saturated carbocycles. The number of rotatable bonds is 2. The highest BCUT2D eigenvalue weighted by molar-refractivity contribution is 9.10. The SMILES string of the molecule is O=[N+]([O-])c1cc(Br)ccc1N1CCS(=O)CC1. The van der Waals surface area contributed by atoms with E-state index in [0.29, 0.717) is 34.8 Å². The molecule has 1 fully saturated rings. The summed E-state index contributed by atoms with van der Waals surface area (Å²) in [5.74, 6) is 1.15. The van der Waals surface area contributed by atoms with Crippen LogP contribution in [0, 0.1) is 10.1 Å². The van der Waals surface area contributed by atoms with Gasteiger partial charge in [0, 0.05) is 45.9 Å². The summed E-state index contributed by atoms with van der Waals surface area (Å²) in [6.45, 7) is 1.21. The molecule has 0 atom stereocenters. The minimum atomic E-state index is -0.777. The minimum Gasteiger partial charge on any atom is -0.364 e. The Balaban J connectivity index is 2.31. The zero-order valence-electron chi connectivity index (χ0n) is 8.97. The van der Waals surface area contributed by atoms with Crippen LogP contribution in [0.5, 0.6) is 0 Å². The Morgan fingerprint density at radius 1 is 1.35 bits per heavy atom. The Labute approximate surface area is 110 Å². The molecule has 1 saturated heterocycles. The number of nitrogens with zero attached hydrogens (tertiary/aromatic N) is 2. The number of hydrogen-bond donors (Lipinski definition) is 0. The monoisotopic (exact) mass is 318 g/mol. The summed E-state index contributed by atoms with van der Waals surface area (Å²) in [5.41, 5.74) is 0.696. The van der Waals surface area contributed by atoms with Crippen LogP contribution in [0.2, 0.25) is 0 Å². The van der Waals surface area contributed by atoms with E-state index in [1.165, 1.54) is 6.07 Å². The van der Waals surface area contributed by atoms with Crippen LogP contribution in [0.4, 0.5) is 11.4 Å². The molecule has 0 unspecified atom stereocenters. The van der Waals surface area contributed by atoms with E-state index in [1.54, 1.807) is 12.1 Å². The van der Waals surface area contributed by atoms with Crippen LogP contribution >= 0.6 is 15.9 Å². The van der Waals surface area contributed by atoms with Crippen LogP contribution in [-0.2, 0) is 10.8 Å². The van der Waals surface area contributed by atoms with Gasteiger partial charge in [-0.3, -0.25) is 14.3 Å². The fourth-order valence-corrected chi connectivity index (χ4v) is 3.19. The standard InChI is InChI=1S/C10H11BrN2O3S/c11-8-1-2-9(10(7-8)13(14)15)12-3-5-17(16)6-4-12/h1-2,7H,3-6H2. The lowest BCUT2D eigenvalue weighted by Gasteiger charge is -2.27. The van der Waals surface area contributed by atoms with Gasteiger partial charge in [-0.15, -0.1) is 0 Å². The van der Waals surface area contributed by atoms with Crippen molar-refractivity contribution < 1.29 is 9.13 Å². The van der Waals surface area contributed by atoms with E-state index in [2.05, 4.69) is 15.9 Å². The number of nitro groups is 1. The summed E-state index contributed by atoms with van der Waals surface area (Å²) in [7, 11) is -0.777. The van der Waals surface area contributed by atoms with Gasteiger partial charge in [-0.2, -0.15) is 0 Å². The smallest absolute Gasteiger partial charge is 0.293 e. The average Bonchev–Trinajstić information content (AvgIpc) is 2.30. The molecule has 17 heavy (non-hydrogen) atoms. The molecular formula is C10H11BrN2O3S. The fraction of sp³-hybridized carbons (Fsp3) is 0.400. The third-order valence-electron chi connectivity index (χ3n) is 2.65. The van der Waals surface area contributed by atoms with Gasteiger partial charge in [0.2, 0.25) is 0 Å². The van der Waals surface area contributed by atoms with E-state index in [1.807, 2.05) is 4.90 Å². The van der Waals surface area contributed by atoms with E-state index in [9.17, 15) is 14.3 Å². The quantitative estimate of drug-likeness (QED) is 0.617. The number of nitro benzene ring substituents is 1. The maximum Gasteiger partial charge on any atom is 0.293 e. The number of hydrogen-bond acceptors (Lipinski definition) is 4. The molecular weight excluding hydrogens is 308 g/mol. The molecule has 1 aliphatic rings. The average molecular weight is 319 g/mol. The number of halogens is 1. The van der Waals surface area contributed by atoms with Crippen LogP contribution < -0.4 is 4.90 Å². The zero-order valence-corrected chi connectivity index (χ0v) is 11.4. The molecule has 7 heteroatoms. The Morgan fingerprint density at radius 3 is 2.59 bits per heavy atom. The Bertz CT molecular complexity index is 471. The van der Waals surface area contributed by atoms with Crippen LogP contribution in [0.15, 0.2) is 22.7 Å². The Morgan fingerprint density at radius 2 is 2.00 bits per heavy atom. The molecule has 0 bridgehead atoms. The third-order valence-corrected chi connectivity index (χ3v) is 4.42. The van der Waals surface area contributed by atoms with Gasteiger partial charge in [0.1, 0.15) is 5.69 Å². The summed E-state index contributed by atoms with van der Waals surface area (Å²) in [4.78, 5) is 12.5. The van der Waals surface area contributed by atoms with Gasteiger partial charge in [-0.05, 0) is 12.1 Å². The molecule has 2 rings (SSSR count). The zero-order chi connectivity index (χ0) is 12.4. The molecule has 0 N–H and O–H groups in total. The van der Waals surface area contributed by atoms with Crippen LogP contribution in [0.3, 0.4) is 0 Å². The predicted octanol–water partition coefficient (Wildman–Crippen LogP) is 1.93. The molecule has 1 aromatic carbocycles. The van der Waals surface area contributed by atoms with E-state index >= 15 is 0 Å². The maximum atomic E-state index is 11.3. The van der Waals surface area contributed by atoms with E-state index in [-0.39, 0.29) is 10.6 Å². The second kappa shape index (κ2) is 5.14.